The van der Waals surface area contributed by atoms with Crippen molar-refractivity contribution in [1.29, 1.82) is 0 Å². The third-order valence-electron chi connectivity index (χ3n) is 2.03. The minimum Gasteiger partial charge on any atom is -0.394 e. The van der Waals surface area contributed by atoms with Crippen molar-refractivity contribution in [3.05, 3.63) is 0 Å². The molecule has 0 radical (unpaired) electrons. The first-order chi connectivity index (χ1) is 6.11. The zero-order valence-corrected chi connectivity index (χ0v) is 7.42. The maximum atomic E-state index is 9.36. The molecule has 1 fully saturated rings. The zero-order valence-electron chi connectivity index (χ0n) is 6.67. The summed E-state index contributed by atoms with van der Waals surface area (Å²) in [5, 5.41) is 36.6. The Labute approximate surface area is 79.8 Å². The molecule has 1 aliphatic rings. The Morgan fingerprint density at radius 2 is 1.85 bits per heavy atom. The fourth-order valence-electron chi connectivity index (χ4n) is 1.21. The summed E-state index contributed by atoms with van der Waals surface area (Å²) in [6.07, 6.45) is -4.90. The number of ether oxygens (including phenoxy) is 1. The molecular weight excluding hydrogens is 202 g/mol. The highest BCUT2D eigenvalue weighted by atomic mass is 35.5. The maximum absolute atomic E-state index is 9.36. The molecule has 0 aromatic carbocycles. The first-order valence-electron chi connectivity index (χ1n) is 3.78. The molecule has 0 amide bonds. The number of hydrogen-bond donors (Lipinski definition) is 5. The van der Waals surface area contributed by atoms with E-state index in [2.05, 4.69) is 4.84 Å². The predicted octanol–water partition coefficient (Wildman–Crippen LogP) is -2.47. The van der Waals surface area contributed by atoms with Gasteiger partial charge < -0.3 is 25.2 Å². The molecule has 0 aromatic rings. The van der Waals surface area contributed by atoms with Crippen molar-refractivity contribution < 1.29 is 25.2 Å². The van der Waals surface area contributed by atoms with Crippen LogP contribution in [0.2, 0.25) is 0 Å². The van der Waals surface area contributed by atoms with Crippen molar-refractivity contribution in [1.82, 2.24) is 4.84 Å². The standard InChI is InChI=1S/C6H12ClNO5/c7-8-3-5(11)4(10)2(1-9)13-6(3)12/h2-6,8-12H,1H2/t2?,3?,4-,5+,6+/m0/s1. The van der Waals surface area contributed by atoms with Crippen LogP contribution in [0.3, 0.4) is 0 Å². The Morgan fingerprint density at radius 3 is 2.31 bits per heavy atom. The predicted molar refractivity (Wildman–Crippen MR) is 42.8 cm³/mol. The molecular formula is C6H12ClNO5. The van der Waals surface area contributed by atoms with Gasteiger partial charge in [-0.2, -0.15) is 0 Å². The van der Waals surface area contributed by atoms with Crippen molar-refractivity contribution in [2.75, 3.05) is 6.61 Å². The SMILES string of the molecule is OCC1O[C@@H](O)C(NCl)[C@@H](O)[C@H]1O. The molecule has 0 spiro atoms. The van der Waals surface area contributed by atoms with E-state index in [4.69, 9.17) is 21.6 Å². The minimum atomic E-state index is -1.35. The van der Waals surface area contributed by atoms with E-state index in [1.165, 1.54) is 0 Å². The van der Waals surface area contributed by atoms with E-state index in [0.29, 0.717) is 0 Å². The zero-order chi connectivity index (χ0) is 10.0. The molecule has 0 saturated carbocycles. The number of rotatable bonds is 2. The third-order valence-corrected chi connectivity index (χ3v) is 2.28. The van der Waals surface area contributed by atoms with E-state index in [9.17, 15) is 15.3 Å². The highest BCUT2D eigenvalue weighted by Crippen LogP contribution is 2.19. The molecule has 2 unspecified atom stereocenters. The molecule has 1 aliphatic heterocycles. The lowest BCUT2D eigenvalue weighted by Gasteiger charge is -2.39. The van der Waals surface area contributed by atoms with Gasteiger partial charge in [0.25, 0.3) is 0 Å². The minimum absolute atomic E-state index is 0.482. The van der Waals surface area contributed by atoms with Crippen LogP contribution in [0.4, 0.5) is 0 Å². The molecule has 6 nitrogen and oxygen atoms in total. The lowest BCUT2D eigenvalue weighted by atomic mass is 9.98. The largest absolute Gasteiger partial charge is 0.394 e. The molecule has 0 bridgehead atoms. The summed E-state index contributed by atoms with van der Waals surface area (Å²) in [4.78, 5) is 2.08. The van der Waals surface area contributed by atoms with Crippen LogP contribution in [0.5, 0.6) is 0 Å². The highest BCUT2D eigenvalue weighted by molar-refractivity contribution is 6.13. The summed E-state index contributed by atoms with van der Waals surface area (Å²) in [7, 11) is 0. The highest BCUT2D eigenvalue weighted by Gasteiger charge is 2.43. The number of nitrogens with one attached hydrogen (secondary N) is 1. The van der Waals surface area contributed by atoms with Gasteiger partial charge >= 0.3 is 0 Å². The third kappa shape index (κ3) is 2.10. The summed E-state index contributed by atoms with van der Waals surface area (Å²) in [5.74, 6) is 0. The first kappa shape index (κ1) is 11.1. The molecule has 0 aromatic heterocycles. The van der Waals surface area contributed by atoms with Gasteiger partial charge in [0, 0.05) is 0 Å². The Bertz CT molecular complexity index is 171. The average molecular weight is 214 g/mol. The summed E-state index contributed by atoms with van der Waals surface area (Å²) in [6.45, 7) is -0.482. The number of aliphatic hydroxyl groups is 4. The molecule has 78 valence electrons. The van der Waals surface area contributed by atoms with E-state index < -0.39 is 37.3 Å². The van der Waals surface area contributed by atoms with Gasteiger partial charge in [0.1, 0.15) is 24.4 Å². The molecule has 13 heavy (non-hydrogen) atoms. The lowest BCUT2D eigenvalue weighted by Crippen LogP contribution is -2.61. The smallest absolute Gasteiger partial charge is 0.174 e. The van der Waals surface area contributed by atoms with Gasteiger partial charge in [-0.05, 0) is 11.8 Å². The maximum Gasteiger partial charge on any atom is 0.174 e. The van der Waals surface area contributed by atoms with Crippen LogP contribution in [0.1, 0.15) is 0 Å². The van der Waals surface area contributed by atoms with E-state index in [0.717, 1.165) is 0 Å². The quantitative estimate of drug-likeness (QED) is 0.326. The van der Waals surface area contributed by atoms with Crippen molar-refractivity contribution in [2.45, 2.75) is 30.6 Å². The summed E-state index contributed by atoms with van der Waals surface area (Å²) in [5.41, 5.74) is 0. The van der Waals surface area contributed by atoms with Crippen molar-refractivity contribution in [2.24, 2.45) is 0 Å². The molecule has 0 aliphatic carbocycles. The van der Waals surface area contributed by atoms with Crippen LogP contribution in [0.25, 0.3) is 0 Å². The van der Waals surface area contributed by atoms with Crippen LogP contribution in [-0.2, 0) is 4.74 Å². The van der Waals surface area contributed by atoms with Crippen LogP contribution in [0.15, 0.2) is 0 Å². The summed E-state index contributed by atoms with van der Waals surface area (Å²) >= 11 is 5.20. The van der Waals surface area contributed by atoms with Gasteiger partial charge in [-0.3, -0.25) is 0 Å². The van der Waals surface area contributed by atoms with Crippen molar-refractivity contribution >= 4 is 11.8 Å². The van der Waals surface area contributed by atoms with E-state index in [1.807, 2.05) is 0 Å². The van der Waals surface area contributed by atoms with Gasteiger partial charge in [0.15, 0.2) is 6.29 Å². The van der Waals surface area contributed by atoms with E-state index >= 15 is 0 Å². The topological polar surface area (TPSA) is 102 Å². The second-order valence-electron chi connectivity index (χ2n) is 2.86. The number of hydrogen-bond acceptors (Lipinski definition) is 6. The Kier molecular flexibility index (Phi) is 3.87. The van der Waals surface area contributed by atoms with E-state index in [-0.39, 0.29) is 0 Å². The van der Waals surface area contributed by atoms with Crippen LogP contribution in [-0.4, -0.2) is 57.7 Å². The Balaban J connectivity index is 2.66. The van der Waals surface area contributed by atoms with Crippen LogP contribution >= 0.6 is 11.8 Å². The van der Waals surface area contributed by atoms with Crippen LogP contribution in [0, 0.1) is 0 Å². The monoisotopic (exact) mass is 213 g/mol. The molecule has 5 N–H and O–H groups in total. The molecule has 1 heterocycles. The van der Waals surface area contributed by atoms with Gasteiger partial charge in [0.05, 0.1) is 6.61 Å². The van der Waals surface area contributed by atoms with Crippen molar-refractivity contribution in [3.63, 3.8) is 0 Å². The van der Waals surface area contributed by atoms with Crippen LogP contribution < -0.4 is 4.84 Å². The van der Waals surface area contributed by atoms with Gasteiger partial charge in [-0.1, -0.05) is 0 Å². The Morgan fingerprint density at radius 1 is 1.23 bits per heavy atom. The molecule has 7 heteroatoms. The van der Waals surface area contributed by atoms with E-state index in [1.54, 1.807) is 0 Å². The normalized spacial score (nSPS) is 46.4. The molecule has 1 saturated heterocycles. The summed E-state index contributed by atoms with van der Waals surface area (Å²) < 4.78 is 4.77. The number of aliphatic hydroxyl groups excluding tert-OH is 4. The second-order valence-corrected chi connectivity index (χ2v) is 3.08. The first-order valence-corrected chi connectivity index (χ1v) is 4.16. The Hall–Kier alpha value is 0.0500. The fraction of sp³-hybridized carbons (Fsp3) is 1.00. The van der Waals surface area contributed by atoms with Gasteiger partial charge in [-0.15, -0.1) is 0 Å². The summed E-state index contributed by atoms with van der Waals surface area (Å²) in [6, 6.07) is -0.973. The average Bonchev–Trinajstić information content (AvgIpc) is 2.12. The van der Waals surface area contributed by atoms with Gasteiger partial charge in [0.2, 0.25) is 0 Å². The molecule has 1 rings (SSSR count). The number of halogens is 1. The lowest BCUT2D eigenvalue weighted by molar-refractivity contribution is -0.251. The molecule has 5 atom stereocenters. The second kappa shape index (κ2) is 4.52. The van der Waals surface area contributed by atoms with Crippen molar-refractivity contribution in [3.8, 4) is 0 Å². The fourth-order valence-corrected chi connectivity index (χ4v) is 1.45. The van der Waals surface area contributed by atoms with Gasteiger partial charge in [-0.25, -0.2) is 4.84 Å².